The van der Waals surface area contributed by atoms with Gasteiger partial charge in [0, 0.05) is 36.3 Å². The Labute approximate surface area is 333 Å². The number of carbonyl (C=O) groups is 2. The van der Waals surface area contributed by atoms with Crippen LogP contribution in [0.4, 0.5) is 23.2 Å². The van der Waals surface area contributed by atoms with Crippen LogP contribution in [-0.4, -0.2) is 46.8 Å². The molecule has 2 fully saturated rings. The number of nitrogens with zero attached hydrogens (tertiary/aromatic N) is 4. The van der Waals surface area contributed by atoms with Gasteiger partial charge in [0.1, 0.15) is 6.61 Å². The van der Waals surface area contributed by atoms with Crippen LogP contribution in [0.1, 0.15) is 82.9 Å². The normalized spacial score (nSPS) is 17.4. The van der Waals surface area contributed by atoms with Crippen LogP contribution in [0.25, 0.3) is 0 Å². The number of ether oxygens (including phenoxy) is 2. The number of sulfonamides is 1. The maximum absolute atomic E-state index is 15.5. The van der Waals surface area contributed by atoms with E-state index in [1.54, 1.807) is 48.7 Å². The molecule has 0 unspecified atom stereocenters. The van der Waals surface area contributed by atoms with Crippen LogP contribution in [0, 0.1) is 30.2 Å². The zero-order valence-corrected chi connectivity index (χ0v) is 32.4. The highest BCUT2D eigenvalue weighted by molar-refractivity contribution is 7.89. The molecule has 15 heteroatoms. The highest BCUT2D eigenvalue weighted by Crippen LogP contribution is 2.43. The number of halogens is 4. The largest absolute Gasteiger partial charge is 0.457 e. The van der Waals surface area contributed by atoms with Crippen LogP contribution in [0.3, 0.4) is 0 Å². The number of benzene rings is 4. The maximum Gasteiger partial charge on any atom is 0.338 e. The molecular formula is C43H40F4N4O6S. The van der Waals surface area contributed by atoms with Gasteiger partial charge < -0.3 is 14.4 Å². The van der Waals surface area contributed by atoms with Crippen LogP contribution in [0.2, 0.25) is 0 Å². The average Bonchev–Trinajstić information content (AvgIpc) is 3.24. The number of amides is 1. The molecule has 10 nitrogen and oxygen atoms in total. The Balaban J connectivity index is 1.27. The van der Waals surface area contributed by atoms with Crippen molar-refractivity contribution in [3.63, 3.8) is 0 Å². The van der Waals surface area contributed by atoms with Crippen LogP contribution >= 0.6 is 0 Å². The lowest BCUT2D eigenvalue weighted by atomic mass is 9.87. The predicted molar refractivity (Wildman–Crippen MR) is 205 cm³/mol. The summed E-state index contributed by atoms with van der Waals surface area (Å²) in [5.41, 5.74) is -0.715. The van der Waals surface area contributed by atoms with Crippen LogP contribution in [0.5, 0.6) is 0 Å². The summed E-state index contributed by atoms with van der Waals surface area (Å²) in [6, 6.07) is 23.3. The lowest BCUT2D eigenvalue weighted by Gasteiger charge is -2.50. The number of hydrogen-bond acceptors (Lipinski definition) is 8. The Bertz CT molecular complexity index is 2360. The standard InChI is InChI=1S/C43H40F4N4O6S/c1-28-36(44)38(46)39(47)40(37(28)45)58(54,55)51-22-21-43(51,57-27-30-13-7-3-8-14-30)42(53)50(25-33-23-49-35(24-48-33)31-15-9-4-10-16-31)34-19-17-32(18-20-34)41(52)56-26-29-11-5-2-6-12-29/h2-3,5-8,11-14,17-20,23-24,31H,4,9-10,15-16,21-22,25-27H2,1H3/t43-/m1/s1. The molecule has 1 saturated heterocycles. The van der Waals surface area contributed by atoms with Crippen molar-refractivity contribution < 1.29 is 45.0 Å². The second-order valence-corrected chi connectivity index (χ2v) is 16.2. The van der Waals surface area contributed by atoms with Gasteiger partial charge in [0.25, 0.3) is 15.9 Å². The maximum atomic E-state index is 15.5. The fraction of sp³-hybridized carbons (Fsp3) is 0.302. The minimum absolute atomic E-state index is 0.0197. The lowest BCUT2D eigenvalue weighted by molar-refractivity contribution is -0.194. The topological polar surface area (TPSA) is 119 Å². The van der Waals surface area contributed by atoms with Crippen molar-refractivity contribution in [3.05, 3.63) is 154 Å². The molecule has 0 N–H and O–H groups in total. The molecule has 1 aromatic heterocycles. The molecule has 1 aliphatic carbocycles. The number of rotatable bonds is 13. The van der Waals surface area contributed by atoms with Gasteiger partial charge in [-0.3, -0.25) is 14.8 Å². The predicted octanol–water partition coefficient (Wildman–Crippen LogP) is 8.29. The molecule has 58 heavy (non-hydrogen) atoms. The third-order valence-corrected chi connectivity index (χ3v) is 12.6. The van der Waals surface area contributed by atoms with Crippen molar-refractivity contribution in [2.75, 3.05) is 11.4 Å². The van der Waals surface area contributed by atoms with E-state index < -0.39 is 67.9 Å². The number of hydrogen-bond donors (Lipinski definition) is 0. The minimum atomic E-state index is -5.42. The number of aromatic nitrogens is 2. The van der Waals surface area contributed by atoms with E-state index in [1.165, 1.54) is 35.4 Å². The van der Waals surface area contributed by atoms with E-state index in [9.17, 15) is 22.0 Å². The molecule has 0 radical (unpaired) electrons. The van der Waals surface area contributed by atoms with E-state index >= 15 is 13.6 Å². The summed E-state index contributed by atoms with van der Waals surface area (Å²) in [4.78, 5) is 36.8. The van der Waals surface area contributed by atoms with Gasteiger partial charge in [-0.25, -0.2) is 30.8 Å². The second kappa shape index (κ2) is 17.1. The zero-order chi connectivity index (χ0) is 41.0. The first-order valence-electron chi connectivity index (χ1n) is 18.9. The summed E-state index contributed by atoms with van der Waals surface area (Å²) >= 11 is 0. The molecular weight excluding hydrogens is 777 g/mol. The molecule has 7 rings (SSSR count). The van der Waals surface area contributed by atoms with Crippen molar-refractivity contribution in [1.82, 2.24) is 14.3 Å². The molecule has 0 spiro atoms. The van der Waals surface area contributed by atoms with E-state index in [1.807, 2.05) is 18.2 Å². The molecule has 0 bridgehead atoms. The molecule has 302 valence electrons. The van der Waals surface area contributed by atoms with Gasteiger partial charge >= 0.3 is 5.97 Å². The molecule has 5 aromatic rings. The van der Waals surface area contributed by atoms with Gasteiger partial charge in [0.15, 0.2) is 28.2 Å². The molecule has 1 amide bonds. The Hall–Kier alpha value is -5.51. The summed E-state index contributed by atoms with van der Waals surface area (Å²) in [6.45, 7) is -0.264. The van der Waals surface area contributed by atoms with Crippen molar-refractivity contribution in [2.24, 2.45) is 0 Å². The Morgan fingerprint density at radius 2 is 1.43 bits per heavy atom. The van der Waals surface area contributed by atoms with E-state index in [4.69, 9.17) is 9.47 Å². The monoisotopic (exact) mass is 816 g/mol. The van der Waals surface area contributed by atoms with Crippen LogP contribution < -0.4 is 4.90 Å². The third kappa shape index (κ3) is 8.11. The number of anilines is 1. The van der Waals surface area contributed by atoms with Crippen LogP contribution in [0.15, 0.2) is 102 Å². The van der Waals surface area contributed by atoms with Gasteiger partial charge in [0.2, 0.25) is 5.72 Å². The highest BCUT2D eigenvalue weighted by Gasteiger charge is 2.61. The zero-order valence-electron chi connectivity index (χ0n) is 31.5. The van der Waals surface area contributed by atoms with Gasteiger partial charge in [-0.15, -0.1) is 0 Å². The smallest absolute Gasteiger partial charge is 0.338 e. The van der Waals surface area contributed by atoms with E-state index in [0.29, 0.717) is 15.6 Å². The fourth-order valence-electron chi connectivity index (χ4n) is 7.27. The average molecular weight is 817 g/mol. The van der Waals surface area contributed by atoms with E-state index in [-0.39, 0.29) is 43.3 Å². The molecule has 2 aliphatic rings. The van der Waals surface area contributed by atoms with Gasteiger partial charge in [-0.05, 0) is 55.2 Å². The first kappa shape index (κ1) is 40.7. The first-order chi connectivity index (χ1) is 27.9. The van der Waals surface area contributed by atoms with Gasteiger partial charge in [0.05, 0.1) is 36.3 Å². The van der Waals surface area contributed by atoms with E-state index in [0.717, 1.165) is 50.3 Å². The summed E-state index contributed by atoms with van der Waals surface area (Å²) in [7, 11) is -5.42. The molecule has 1 saturated carbocycles. The Kier molecular flexibility index (Phi) is 12.0. The summed E-state index contributed by atoms with van der Waals surface area (Å²) < 4.78 is 100. The second-order valence-electron chi connectivity index (χ2n) is 14.4. The molecule has 1 atom stereocenters. The lowest BCUT2D eigenvalue weighted by Crippen LogP contribution is -2.70. The summed E-state index contributed by atoms with van der Waals surface area (Å²) in [5.74, 6) is -9.54. The molecule has 2 heterocycles. The number of esters is 1. The fourth-order valence-corrected chi connectivity index (χ4v) is 9.13. The van der Waals surface area contributed by atoms with Crippen molar-refractivity contribution in [1.29, 1.82) is 0 Å². The van der Waals surface area contributed by atoms with Crippen molar-refractivity contribution >= 4 is 27.6 Å². The molecule has 4 aromatic carbocycles. The van der Waals surface area contributed by atoms with Crippen LogP contribution in [-0.2, 0) is 44.1 Å². The van der Waals surface area contributed by atoms with Gasteiger partial charge in [-0.2, -0.15) is 4.31 Å². The SMILES string of the molecule is Cc1c(F)c(F)c(F)c(S(=O)(=O)N2CC[C@@]2(OCc2ccccc2)C(=O)N(Cc2cnc(C3CCCCC3)cn2)c2ccc(C(=O)OCc3ccccc3)cc2)c1F. The highest BCUT2D eigenvalue weighted by atomic mass is 32.2. The molecule has 1 aliphatic heterocycles. The number of carbonyl (C=O) groups excluding carboxylic acids is 2. The Morgan fingerprint density at radius 3 is 2.02 bits per heavy atom. The minimum Gasteiger partial charge on any atom is -0.457 e. The quantitative estimate of drug-likeness (QED) is 0.0505. The first-order valence-corrected chi connectivity index (χ1v) is 20.3. The summed E-state index contributed by atoms with van der Waals surface area (Å²) in [6.07, 6.45) is 8.16. The van der Waals surface area contributed by atoms with Gasteiger partial charge in [-0.1, -0.05) is 79.9 Å². The van der Waals surface area contributed by atoms with E-state index in [2.05, 4.69) is 9.97 Å². The van der Waals surface area contributed by atoms with Crippen molar-refractivity contribution in [2.45, 2.75) is 81.7 Å². The third-order valence-electron chi connectivity index (χ3n) is 10.6. The van der Waals surface area contributed by atoms with Crippen molar-refractivity contribution in [3.8, 4) is 0 Å². The Morgan fingerprint density at radius 1 is 0.793 bits per heavy atom. The summed E-state index contributed by atoms with van der Waals surface area (Å²) in [5, 5.41) is 0.